The van der Waals surface area contributed by atoms with Gasteiger partial charge in [0.1, 0.15) is 17.0 Å². The minimum absolute atomic E-state index is 0.0321. The Bertz CT molecular complexity index is 3040. The van der Waals surface area contributed by atoms with Crippen molar-refractivity contribution in [3.63, 3.8) is 0 Å². The smallest absolute Gasteiger partial charge is 0.288 e. The molecule has 0 amide bonds. The molecule has 0 saturated heterocycles. The Morgan fingerprint density at radius 3 is 2.00 bits per heavy atom. The molecule has 0 saturated carbocycles. The quantitative estimate of drug-likeness (QED) is 0.165. The average Bonchev–Trinajstić information content (AvgIpc) is 3.82. The SMILES string of the molecule is CN1c2ccc(-c3ccc(-c4ccccc4)cc3)cc2N2c3cc(C(C)(C)C)cc4c3C3(c5c(ccc6c7ccccc7n(c56)-c5cc(C(C)(C)C)cc[n+]53)O4)C12. The van der Waals surface area contributed by atoms with Gasteiger partial charge in [0.25, 0.3) is 5.82 Å². The maximum absolute atomic E-state index is 7.21. The normalized spacial score (nSPS) is 18.4. The fourth-order valence-corrected chi connectivity index (χ4v) is 10.6. The van der Waals surface area contributed by atoms with Gasteiger partial charge in [0.15, 0.2) is 11.7 Å². The molecular weight excluding hydrogens is 697 g/mol. The van der Waals surface area contributed by atoms with E-state index in [1.807, 2.05) is 0 Å². The summed E-state index contributed by atoms with van der Waals surface area (Å²) in [5.41, 5.74) is 15.3. The number of benzene rings is 6. The lowest BCUT2D eigenvalue weighted by atomic mass is 9.75. The lowest BCUT2D eigenvalue weighted by Crippen LogP contribution is -2.70. The second kappa shape index (κ2) is 10.7. The van der Waals surface area contributed by atoms with Gasteiger partial charge in [0.05, 0.1) is 34.4 Å². The van der Waals surface area contributed by atoms with Gasteiger partial charge in [-0.3, -0.25) is 0 Å². The van der Waals surface area contributed by atoms with Gasteiger partial charge in [-0.25, -0.2) is 4.57 Å². The first-order valence-corrected chi connectivity index (χ1v) is 20.3. The molecule has 2 unspecified atom stereocenters. The zero-order valence-corrected chi connectivity index (χ0v) is 33.6. The van der Waals surface area contributed by atoms with Crippen LogP contribution >= 0.6 is 0 Å². The third-order valence-electron chi connectivity index (χ3n) is 13.3. The first kappa shape index (κ1) is 32.9. The molecule has 12 rings (SSSR count). The third kappa shape index (κ3) is 4.11. The molecule has 0 aliphatic carbocycles. The van der Waals surface area contributed by atoms with E-state index in [0.29, 0.717) is 0 Å². The number of aromatic nitrogens is 2. The van der Waals surface area contributed by atoms with Gasteiger partial charge in [-0.2, -0.15) is 4.57 Å². The second-order valence-electron chi connectivity index (χ2n) is 18.6. The summed E-state index contributed by atoms with van der Waals surface area (Å²) in [5.74, 6) is 3.06. The van der Waals surface area contributed by atoms with Crippen molar-refractivity contribution in [3.05, 3.63) is 162 Å². The fraction of sp³-hybridized carbons (Fsp3) is 0.212. The van der Waals surface area contributed by atoms with Crippen molar-refractivity contribution in [2.24, 2.45) is 0 Å². The van der Waals surface area contributed by atoms with Crippen molar-refractivity contribution in [1.29, 1.82) is 0 Å². The highest BCUT2D eigenvalue weighted by Crippen LogP contribution is 2.66. The summed E-state index contributed by atoms with van der Waals surface area (Å²) < 4.78 is 12.3. The number of nitrogens with zero attached hydrogens (tertiary/aromatic N) is 4. The number of pyridine rings is 1. The molecule has 2 atom stereocenters. The molecule has 57 heavy (non-hydrogen) atoms. The van der Waals surface area contributed by atoms with Gasteiger partial charge in [0.2, 0.25) is 5.54 Å². The molecule has 0 fully saturated rings. The molecule has 1 spiro atoms. The van der Waals surface area contributed by atoms with Crippen LogP contribution in [-0.2, 0) is 16.4 Å². The van der Waals surface area contributed by atoms with Crippen molar-refractivity contribution in [3.8, 4) is 39.6 Å². The van der Waals surface area contributed by atoms with Crippen molar-refractivity contribution in [2.75, 3.05) is 16.8 Å². The van der Waals surface area contributed by atoms with E-state index in [-0.39, 0.29) is 17.0 Å². The van der Waals surface area contributed by atoms with Crippen LogP contribution in [0.4, 0.5) is 17.1 Å². The Labute approximate surface area is 334 Å². The molecule has 8 aromatic rings. The van der Waals surface area contributed by atoms with E-state index >= 15 is 0 Å². The molecule has 0 N–H and O–H groups in total. The summed E-state index contributed by atoms with van der Waals surface area (Å²) >= 11 is 0. The van der Waals surface area contributed by atoms with Crippen LogP contribution in [0.5, 0.6) is 11.5 Å². The summed E-state index contributed by atoms with van der Waals surface area (Å²) in [6, 6.07) is 49.7. The van der Waals surface area contributed by atoms with E-state index in [1.54, 1.807) is 0 Å². The monoisotopic (exact) mass is 741 g/mol. The van der Waals surface area contributed by atoms with Crippen LogP contribution in [0, 0.1) is 0 Å². The Kier molecular flexibility index (Phi) is 6.19. The Balaban J connectivity index is 1.16. The number of ether oxygens (including phenoxy) is 1. The number of rotatable bonds is 2. The maximum Gasteiger partial charge on any atom is 0.288 e. The van der Waals surface area contributed by atoms with E-state index in [9.17, 15) is 0 Å². The molecule has 5 heteroatoms. The summed E-state index contributed by atoms with van der Waals surface area (Å²) in [6.07, 6.45) is 2.28. The summed E-state index contributed by atoms with van der Waals surface area (Å²) in [7, 11) is 2.30. The number of fused-ring (bicyclic) bond motifs is 9. The van der Waals surface area contributed by atoms with Crippen LogP contribution in [0.3, 0.4) is 0 Å². The zero-order chi connectivity index (χ0) is 38.7. The van der Waals surface area contributed by atoms with Gasteiger partial charge in [-0.05, 0) is 98.8 Å². The highest BCUT2D eigenvalue weighted by Gasteiger charge is 2.69. The molecule has 6 heterocycles. The molecule has 0 radical (unpaired) electrons. The highest BCUT2D eigenvalue weighted by atomic mass is 16.5. The van der Waals surface area contributed by atoms with Crippen molar-refractivity contribution in [1.82, 2.24) is 4.57 Å². The van der Waals surface area contributed by atoms with Gasteiger partial charge in [0, 0.05) is 23.9 Å². The van der Waals surface area contributed by atoms with Crippen molar-refractivity contribution >= 4 is 38.9 Å². The van der Waals surface area contributed by atoms with Crippen LogP contribution in [0.15, 0.2) is 140 Å². The van der Waals surface area contributed by atoms with E-state index in [2.05, 4.69) is 207 Å². The zero-order valence-electron chi connectivity index (χ0n) is 33.6. The summed E-state index contributed by atoms with van der Waals surface area (Å²) in [4.78, 5) is 5.19. The van der Waals surface area contributed by atoms with Crippen molar-refractivity contribution < 1.29 is 9.30 Å². The Morgan fingerprint density at radius 2 is 1.25 bits per heavy atom. The van der Waals surface area contributed by atoms with E-state index in [0.717, 1.165) is 11.5 Å². The lowest BCUT2D eigenvalue weighted by molar-refractivity contribution is -0.741. The lowest BCUT2D eigenvalue weighted by Gasteiger charge is -2.43. The van der Waals surface area contributed by atoms with E-state index in [4.69, 9.17) is 4.74 Å². The fourth-order valence-electron chi connectivity index (χ4n) is 10.6. The van der Waals surface area contributed by atoms with Crippen LogP contribution in [0.2, 0.25) is 0 Å². The molecule has 5 nitrogen and oxygen atoms in total. The molecular formula is C52H45N4O+. The number of likely N-dealkylation sites (N-methyl/N-ethyl adjacent to an activating group) is 1. The number of anilines is 3. The van der Waals surface area contributed by atoms with E-state index < -0.39 is 5.54 Å². The molecule has 278 valence electrons. The second-order valence-corrected chi connectivity index (χ2v) is 18.6. The highest BCUT2D eigenvalue weighted by molar-refractivity contribution is 6.12. The first-order valence-electron chi connectivity index (χ1n) is 20.3. The van der Waals surface area contributed by atoms with Crippen LogP contribution in [-0.4, -0.2) is 17.8 Å². The van der Waals surface area contributed by atoms with Crippen LogP contribution in [0.25, 0.3) is 49.9 Å². The molecule has 0 bridgehead atoms. The van der Waals surface area contributed by atoms with Gasteiger partial charge in [-0.15, -0.1) is 0 Å². The Hall–Kier alpha value is -6.33. The van der Waals surface area contributed by atoms with Gasteiger partial charge in [-0.1, -0.05) is 114 Å². The van der Waals surface area contributed by atoms with Crippen molar-refractivity contribution in [2.45, 2.75) is 64.1 Å². The van der Waals surface area contributed by atoms with Crippen LogP contribution in [0.1, 0.15) is 63.8 Å². The topological polar surface area (TPSA) is 24.5 Å². The number of hydrogen-bond acceptors (Lipinski definition) is 3. The summed E-state index contributed by atoms with van der Waals surface area (Å²) in [6.45, 7) is 13.9. The number of para-hydroxylation sites is 1. The maximum atomic E-state index is 7.21. The first-order chi connectivity index (χ1) is 27.4. The Morgan fingerprint density at radius 1 is 0.561 bits per heavy atom. The minimum Gasteiger partial charge on any atom is -0.456 e. The molecule has 4 aliphatic rings. The van der Waals surface area contributed by atoms with E-state index in [1.165, 1.54) is 89.2 Å². The molecule has 2 aromatic heterocycles. The molecule has 6 aromatic carbocycles. The van der Waals surface area contributed by atoms with Gasteiger partial charge < -0.3 is 14.5 Å². The average molecular weight is 742 g/mol. The predicted octanol–water partition coefficient (Wildman–Crippen LogP) is 12.1. The number of hydrogen-bond donors (Lipinski definition) is 0. The molecule has 4 aliphatic heterocycles. The minimum atomic E-state index is -0.629. The largest absolute Gasteiger partial charge is 0.456 e. The van der Waals surface area contributed by atoms with Gasteiger partial charge >= 0.3 is 0 Å². The third-order valence-corrected chi connectivity index (χ3v) is 13.3. The summed E-state index contributed by atoms with van der Waals surface area (Å²) in [5, 5.41) is 2.52. The predicted molar refractivity (Wildman–Crippen MR) is 233 cm³/mol. The van der Waals surface area contributed by atoms with Crippen LogP contribution < -0.4 is 19.1 Å². The standard InChI is InChI=1S/C52H45N4O/c1-50(2,3)35-25-26-54-45(30-35)56-39-16-12-11-15-37(39)38-22-24-43-47(48(38)56)52(54)46-42(28-36(51(4,5)6)29-44(46)57-43)55-41-27-34(21-23-40(41)53(7)49(52)55)33-19-17-32(18-20-33)31-13-9-8-10-14-31/h8-30,49H,1-7H3/q+1.